The quantitative estimate of drug-likeness (QED) is 0.544. The summed E-state index contributed by atoms with van der Waals surface area (Å²) in [5, 5.41) is 8.81. The van der Waals surface area contributed by atoms with Gasteiger partial charge >= 0.3 is 0 Å². The Kier molecular flexibility index (Phi) is 6.87. The van der Waals surface area contributed by atoms with Crippen LogP contribution in [0.5, 0.6) is 17.4 Å². The van der Waals surface area contributed by atoms with Crippen LogP contribution >= 0.6 is 0 Å². The van der Waals surface area contributed by atoms with Gasteiger partial charge in [0.15, 0.2) is 17.3 Å². The zero-order chi connectivity index (χ0) is 23.2. The van der Waals surface area contributed by atoms with Gasteiger partial charge in [0.1, 0.15) is 5.56 Å². The average molecular weight is 450 g/mol. The highest BCUT2D eigenvalue weighted by atomic mass is 16.5. The van der Waals surface area contributed by atoms with Crippen molar-refractivity contribution in [2.24, 2.45) is 0 Å². The second-order valence-corrected chi connectivity index (χ2v) is 7.41. The van der Waals surface area contributed by atoms with Crippen LogP contribution in [0.3, 0.4) is 0 Å². The molecule has 1 saturated heterocycles. The van der Waals surface area contributed by atoms with Crippen molar-refractivity contribution in [2.45, 2.75) is 6.92 Å². The Morgan fingerprint density at radius 2 is 1.76 bits per heavy atom. The normalized spacial score (nSPS) is 13.5. The highest BCUT2D eigenvalue weighted by Crippen LogP contribution is 2.31. The van der Waals surface area contributed by atoms with Gasteiger partial charge in [0.25, 0.3) is 5.91 Å². The van der Waals surface area contributed by atoms with Crippen molar-refractivity contribution < 1.29 is 19.0 Å². The number of carbonyl (C=O) groups is 1. The maximum absolute atomic E-state index is 13.0. The van der Waals surface area contributed by atoms with Gasteiger partial charge < -0.3 is 24.0 Å². The number of amides is 1. The summed E-state index contributed by atoms with van der Waals surface area (Å²) in [6.07, 6.45) is 1.63. The third-order valence-electron chi connectivity index (χ3n) is 5.50. The molecule has 1 amide bonds. The van der Waals surface area contributed by atoms with Gasteiger partial charge in [0.05, 0.1) is 26.5 Å². The molecule has 3 heterocycles. The lowest BCUT2D eigenvalue weighted by molar-refractivity contribution is 0.0741. The summed E-state index contributed by atoms with van der Waals surface area (Å²) in [5.41, 5.74) is 2.13. The number of ether oxygens (including phenoxy) is 3. The molecule has 0 unspecified atom stereocenters. The summed E-state index contributed by atoms with van der Waals surface area (Å²) in [4.78, 5) is 21.1. The van der Waals surface area contributed by atoms with E-state index < -0.39 is 0 Å². The van der Waals surface area contributed by atoms with E-state index in [1.807, 2.05) is 42.2 Å². The monoisotopic (exact) mass is 449 g/mol. The minimum Gasteiger partial charge on any atom is -0.493 e. The molecule has 2 aromatic heterocycles. The van der Waals surface area contributed by atoms with E-state index >= 15 is 0 Å². The number of benzene rings is 1. The minimum atomic E-state index is -0.0684. The number of carbonyl (C=O) groups excluding carboxylic acids is 1. The first kappa shape index (κ1) is 22.3. The summed E-state index contributed by atoms with van der Waals surface area (Å²) in [5.74, 6) is 2.40. The molecule has 0 aliphatic carbocycles. The number of pyridine rings is 1. The van der Waals surface area contributed by atoms with E-state index in [-0.39, 0.29) is 5.91 Å². The van der Waals surface area contributed by atoms with Crippen LogP contribution in [0.2, 0.25) is 0 Å². The highest BCUT2D eigenvalue weighted by Gasteiger charge is 2.25. The lowest BCUT2D eigenvalue weighted by Gasteiger charge is -2.35. The first-order valence-corrected chi connectivity index (χ1v) is 10.8. The summed E-state index contributed by atoms with van der Waals surface area (Å²) < 4.78 is 16.2. The fourth-order valence-electron chi connectivity index (χ4n) is 3.76. The van der Waals surface area contributed by atoms with Crippen LogP contribution in [0.25, 0.3) is 11.3 Å². The lowest BCUT2D eigenvalue weighted by atomic mass is 10.1. The summed E-state index contributed by atoms with van der Waals surface area (Å²) in [7, 11) is 3.21. The molecule has 0 bridgehead atoms. The van der Waals surface area contributed by atoms with E-state index in [0.29, 0.717) is 55.7 Å². The van der Waals surface area contributed by atoms with Crippen molar-refractivity contribution in [3.8, 4) is 28.6 Å². The molecule has 4 rings (SSSR count). The summed E-state index contributed by atoms with van der Waals surface area (Å²) >= 11 is 0. The van der Waals surface area contributed by atoms with Gasteiger partial charge in [-0.1, -0.05) is 0 Å². The fraction of sp³-hybridized carbons (Fsp3) is 0.333. The molecule has 172 valence electrons. The van der Waals surface area contributed by atoms with Gasteiger partial charge in [-0.2, -0.15) is 0 Å². The van der Waals surface area contributed by atoms with Gasteiger partial charge in [0.2, 0.25) is 5.88 Å². The summed E-state index contributed by atoms with van der Waals surface area (Å²) in [6.45, 7) is 4.83. The Morgan fingerprint density at radius 3 is 2.42 bits per heavy atom. The molecular formula is C24H27N5O4. The predicted octanol–water partition coefficient (Wildman–Crippen LogP) is 2.92. The molecule has 9 nitrogen and oxygen atoms in total. The molecule has 1 aliphatic heterocycles. The summed E-state index contributed by atoms with van der Waals surface area (Å²) in [6, 6.07) is 13.0. The smallest absolute Gasteiger partial charge is 0.259 e. The van der Waals surface area contributed by atoms with E-state index in [1.165, 1.54) is 0 Å². The number of aromatic nitrogens is 3. The van der Waals surface area contributed by atoms with Crippen molar-refractivity contribution in [3.63, 3.8) is 0 Å². The molecule has 0 saturated carbocycles. The second-order valence-electron chi connectivity index (χ2n) is 7.41. The van der Waals surface area contributed by atoms with Gasteiger partial charge in [-0.15, -0.1) is 10.2 Å². The number of hydrogen-bond donors (Lipinski definition) is 0. The van der Waals surface area contributed by atoms with Crippen molar-refractivity contribution in [1.29, 1.82) is 0 Å². The third kappa shape index (κ3) is 4.82. The average Bonchev–Trinajstić information content (AvgIpc) is 2.88. The number of hydrogen-bond acceptors (Lipinski definition) is 8. The van der Waals surface area contributed by atoms with Crippen LogP contribution < -0.4 is 19.1 Å². The zero-order valence-electron chi connectivity index (χ0n) is 19.0. The first-order valence-electron chi connectivity index (χ1n) is 10.8. The molecule has 0 radical (unpaired) electrons. The molecule has 0 N–H and O–H groups in total. The van der Waals surface area contributed by atoms with E-state index in [0.717, 1.165) is 17.1 Å². The van der Waals surface area contributed by atoms with Gasteiger partial charge in [-0.05, 0) is 49.4 Å². The van der Waals surface area contributed by atoms with E-state index in [1.54, 1.807) is 32.5 Å². The van der Waals surface area contributed by atoms with Crippen LogP contribution in [-0.2, 0) is 0 Å². The van der Waals surface area contributed by atoms with Gasteiger partial charge in [-0.25, -0.2) is 4.98 Å². The molecule has 33 heavy (non-hydrogen) atoms. The van der Waals surface area contributed by atoms with E-state index in [9.17, 15) is 4.79 Å². The topological polar surface area (TPSA) is 89.9 Å². The SMILES string of the molecule is CCOc1ncccc1C(=O)N1CCN(c2ccc(-c3ccc(OC)c(OC)c3)nn2)CC1. The standard InChI is InChI=1S/C24H27N5O4/c1-4-33-23-18(6-5-11-25-23)24(30)29-14-12-28(13-15-29)22-10-8-19(26-27-22)17-7-9-20(31-2)21(16-17)32-3/h5-11,16H,4,12-15H2,1-3H3. The molecule has 1 aliphatic rings. The minimum absolute atomic E-state index is 0.0684. The molecule has 9 heteroatoms. The molecular weight excluding hydrogens is 422 g/mol. The number of anilines is 1. The maximum atomic E-state index is 13.0. The van der Waals surface area contributed by atoms with E-state index in [4.69, 9.17) is 14.2 Å². The Hall–Kier alpha value is -3.88. The Morgan fingerprint density at radius 1 is 0.970 bits per heavy atom. The number of methoxy groups -OCH3 is 2. The molecule has 0 spiro atoms. The van der Waals surface area contributed by atoms with Crippen LogP contribution in [-0.4, -0.2) is 73.0 Å². The molecule has 3 aromatic rings. The number of piperazine rings is 1. The molecule has 0 atom stereocenters. The van der Waals surface area contributed by atoms with Crippen LogP contribution in [0, 0.1) is 0 Å². The second kappa shape index (κ2) is 10.2. The van der Waals surface area contributed by atoms with Gasteiger partial charge in [-0.3, -0.25) is 4.79 Å². The zero-order valence-corrected chi connectivity index (χ0v) is 19.0. The van der Waals surface area contributed by atoms with Gasteiger partial charge in [0, 0.05) is 37.9 Å². The van der Waals surface area contributed by atoms with Crippen molar-refractivity contribution in [3.05, 3.63) is 54.2 Å². The van der Waals surface area contributed by atoms with Crippen LogP contribution in [0.4, 0.5) is 5.82 Å². The molecule has 1 aromatic carbocycles. The Bertz CT molecular complexity index is 1100. The third-order valence-corrected chi connectivity index (χ3v) is 5.50. The predicted molar refractivity (Wildman–Crippen MR) is 124 cm³/mol. The van der Waals surface area contributed by atoms with Crippen LogP contribution in [0.15, 0.2) is 48.7 Å². The first-order chi connectivity index (χ1) is 16.1. The van der Waals surface area contributed by atoms with Crippen LogP contribution in [0.1, 0.15) is 17.3 Å². The van der Waals surface area contributed by atoms with Crippen molar-refractivity contribution in [1.82, 2.24) is 20.1 Å². The maximum Gasteiger partial charge on any atom is 0.259 e. The van der Waals surface area contributed by atoms with Crippen molar-refractivity contribution in [2.75, 3.05) is 51.9 Å². The molecule has 1 fully saturated rings. The number of nitrogens with zero attached hydrogens (tertiary/aromatic N) is 5. The largest absolute Gasteiger partial charge is 0.493 e. The lowest BCUT2D eigenvalue weighted by Crippen LogP contribution is -2.49. The number of rotatable bonds is 7. The Labute approximate surface area is 192 Å². The highest BCUT2D eigenvalue weighted by molar-refractivity contribution is 5.96. The fourth-order valence-corrected chi connectivity index (χ4v) is 3.76. The Balaban J connectivity index is 1.41. The van der Waals surface area contributed by atoms with Crippen molar-refractivity contribution >= 4 is 11.7 Å². The van der Waals surface area contributed by atoms with E-state index in [2.05, 4.69) is 20.1 Å².